The van der Waals surface area contributed by atoms with E-state index in [2.05, 4.69) is 21.2 Å². The number of carbonyl (C=O) groups is 2. The average molecular weight is 691 g/mol. The number of benzene rings is 3. The fourth-order valence-electron chi connectivity index (χ4n) is 5.27. The van der Waals surface area contributed by atoms with Crippen LogP contribution in [0, 0.1) is 6.92 Å². The Labute approximate surface area is 267 Å². The SMILES string of the molecule is CC[C@H](C(=O)NC1CCCC1)N(Cc1ccccc1Cl)C(=O)CN(c1ccc(C)cc1)S(=O)(=O)c1ccc(OC)c(Br)c1. The second-order valence-electron chi connectivity index (χ2n) is 10.7. The number of halogens is 2. The first kappa shape index (κ1) is 32.8. The van der Waals surface area contributed by atoms with Gasteiger partial charge in [0.05, 0.1) is 22.2 Å². The number of methoxy groups -OCH3 is 1. The van der Waals surface area contributed by atoms with Crippen molar-refractivity contribution in [2.24, 2.45) is 0 Å². The molecule has 1 aliphatic carbocycles. The molecule has 0 radical (unpaired) electrons. The number of aryl methyl sites for hydroxylation is 1. The first-order valence-electron chi connectivity index (χ1n) is 14.3. The van der Waals surface area contributed by atoms with Crippen molar-refractivity contribution in [2.45, 2.75) is 69.5 Å². The van der Waals surface area contributed by atoms with E-state index in [1.807, 2.05) is 19.9 Å². The lowest BCUT2D eigenvalue weighted by molar-refractivity contribution is -0.140. The molecule has 1 saturated carbocycles. The molecule has 0 aliphatic heterocycles. The van der Waals surface area contributed by atoms with E-state index in [9.17, 15) is 18.0 Å². The molecule has 1 aliphatic rings. The van der Waals surface area contributed by atoms with Crippen LogP contribution in [0.15, 0.2) is 76.1 Å². The molecule has 3 aromatic carbocycles. The number of rotatable bonds is 12. The van der Waals surface area contributed by atoms with Gasteiger partial charge in [-0.1, -0.05) is 67.3 Å². The minimum atomic E-state index is -4.22. The van der Waals surface area contributed by atoms with Gasteiger partial charge in [-0.25, -0.2) is 8.42 Å². The summed E-state index contributed by atoms with van der Waals surface area (Å²) in [4.78, 5) is 29.3. The molecule has 230 valence electrons. The van der Waals surface area contributed by atoms with Crippen molar-refractivity contribution in [1.29, 1.82) is 0 Å². The van der Waals surface area contributed by atoms with Crippen LogP contribution in [0.3, 0.4) is 0 Å². The van der Waals surface area contributed by atoms with Gasteiger partial charge in [-0.3, -0.25) is 13.9 Å². The van der Waals surface area contributed by atoms with Gasteiger partial charge in [0.2, 0.25) is 11.8 Å². The van der Waals surface area contributed by atoms with Crippen molar-refractivity contribution in [1.82, 2.24) is 10.2 Å². The zero-order chi connectivity index (χ0) is 31.1. The van der Waals surface area contributed by atoms with Crippen molar-refractivity contribution >= 4 is 55.1 Å². The molecule has 1 atom stereocenters. The summed E-state index contributed by atoms with van der Waals surface area (Å²) >= 11 is 9.86. The highest BCUT2D eigenvalue weighted by Gasteiger charge is 2.35. The molecule has 0 spiro atoms. The molecule has 43 heavy (non-hydrogen) atoms. The average Bonchev–Trinajstić information content (AvgIpc) is 3.50. The number of anilines is 1. The van der Waals surface area contributed by atoms with Crippen LogP contribution in [-0.4, -0.2) is 50.9 Å². The normalized spacial score (nSPS) is 14.3. The summed E-state index contributed by atoms with van der Waals surface area (Å²) in [5.41, 5.74) is 1.93. The quantitative estimate of drug-likeness (QED) is 0.235. The number of ether oxygens (including phenoxy) is 1. The lowest BCUT2D eigenvalue weighted by atomic mass is 10.1. The third-order valence-corrected chi connectivity index (χ3v) is 10.5. The number of carbonyl (C=O) groups excluding carboxylic acids is 2. The molecular formula is C32H37BrClN3O5S. The molecule has 4 rings (SSSR count). The van der Waals surface area contributed by atoms with E-state index in [0.717, 1.165) is 35.6 Å². The fourth-order valence-corrected chi connectivity index (χ4v) is 7.60. The van der Waals surface area contributed by atoms with Crippen LogP contribution in [0.1, 0.15) is 50.2 Å². The predicted octanol–water partition coefficient (Wildman–Crippen LogP) is 6.48. The smallest absolute Gasteiger partial charge is 0.264 e. The number of amides is 2. The third kappa shape index (κ3) is 7.91. The summed E-state index contributed by atoms with van der Waals surface area (Å²) in [6.07, 6.45) is 4.25. The van der Waals surface area contributed by atoms with Crippen LogP contribution < -0.4 is 14.4 Å². The number of nitrogens with zero attached hydrogens (tertiary/aromatic N) is 2. The van der Waals surface area contributed by atoms with Crippen molar-refractivity contribution in [3.8, 4) is 5.75 Å². The van der Waals surface area contributed by atoms with Crippen molar-refractivity contribution in [3.05, 3.63) is 87.4 Å². The molecule has 0 unspecified atom stereocenters. The highest BCUT2D eigenvalue weighted by atomic mass is 79.9. The van der Waals surface area contributed by atoms with E-state index in [1.165, 1.54) is 24.1 Å². The molecule has 1 fully saturated rings. The molecule has 0 saturated heterocycles. The van der Waals surface area contributed by atoms with Gasteiger partial charge in [0.25, 0.3) is 10.0 Å². The van der Waals surface area contributed by atoms with Crippen LogP contribution in [0.4, 0.5) is 5.69 Å². The van der Waals surface area contributed by atoms with Gasteiger partial charge in [0, 0.05) is 17.6 Å². The molecule has 3 aromatic rings. The predicted molar refractivity (Wildman–Crippen MR) is 173 cm³/mol. The van der Waals surface area contributed by atoms with E-state index in [4.69, 9.17) is 16.3 Å². The summed E-state index contributed by atoms with van der Waals surface area (Å²) in [6, 6.07) is 17.7. The van der Waals surface area contributed by atoms with Gasteiger partial charge in [-0.15, -0.1) is 0 Å². The number of hydrogen-bond acceptors (Lipinski definition) is 5. The molecule has 0 bridgehead atoms. The lowest BCUT2D eigenvalue weighted by Gasteiger charge is -2.34. The minimum Gasteiger partial charge on any atom is -0.496 e. The molecule has 8 nitrogen and oxygen atoms in total. The summed E-state index contributed by atoms with van der Waals surface area (Å²) in [5.74, 6) is -0.300. The topological polar surface area (TPSA) is 96.0 Å². The zero-order valence-electron chi connectivity index (χ0n) is 24.6. The Hall–Kier alpha value is -3.08. The number of hydrogen-bond donors (Lipinski definition) is 1. The first-order chi connectivity index (χ1) is 20.5. The molecule has 11 heteroatoms. The first-order valence-corrected chi connectivity index (χ1v) is 16.9. The second kappa shape index (κ2) is 14.6. The lowest BCUT2D eigenvalue weighted by Crippen LogP contribution is -2.53. The van der Waals surface area contributed by atoms with Gasteiger partial charge >= 0.3 is 0 Å². The Kier molecular flexibility index (Phi) is 11.1. The van der Waals surface area contributed by atoms with E-state index in [1.54, 1.807) is 48.5 Å². The largest absolute Gasteiger partial charge is 0.496 e. The maximum Gasteiger partial charge on any atom is 0.264 e. The van der Waals surface area contributed by atoms with Crippen LogP contribution in [0.5, 0.6) is 5.75 Å². The summed E-state index contributed by atoms with van der Waals surface area (Å²) < 4.78 is 35.1. The molecule has 2 amide bonds. The van der Waals surface area contributed by atoms with Crippen LogP contribution in [0.25, 0.3) is 0 Å². The molecule has 0 heterocycles. The summed E-state index contributed by atoms with van der Waals surface area (Å²) in [7, 11) is -2.73. The number of nitrogens with one attached hydrogen (secondary N) is 1. The number of sulfonamides is 1. The fraction of sp³-hybridized carbons (Fsp3) is 0.375. The second-order valence-corrected chi connectivity index (χ2v) is 13.8. The Balaban J connectivity index is 1.73. The van der Waals surface area contributed by atoms with E-state index in [0.29, 0.717) is 32.9 Å². The zero-order valence-corrected chi connectivity index (χ0v) is 27.7. The monoisotopic (exact) mass is 689 g/mol. The van der Waals surface area contributed by atoms with Gasteiger partial charge in [-0.05, 0) is 84.1 Å². The van der Waals surface area contributed by atoms with E-state index in [-0.39, 0.29) is 23.4 Å². The van der Waals surface area contributed by atoms with Gasteiger partial charge < -0.3 is 15.0 Å². The van der Waals surface area contributed by atoms with Crippen LogP contribution >= 0.6 is 27.5 Å². The maximum atomic E-state index is 14.3. The van der Waals surface area contributed by atoms with E-state index < -0.39 is 28.5 Å². The maximum absolute atomic E-state index is 14.3. The molecular weight excluding hydrogens is 654 g/mol. The molecule has 1 N–H and O–H groups in total. The van der Waals surface area contributed by atoms with Crippen molar-refractivity contribution in [2.75, 3.05) is 18.0 Å². The Morgan fingerprint density at radius 2 is 1.74 bits per heavy atom. The summed E-state index contributed by atoms with van der Waals surface area (Å²) in [6.45, 7) is 3.27. The standard InChI is InChI=1S/C32H37BrClN3O5S/c1-4-29(32(39)35-24-10-6-7-11-24)36(20-23-9-5-8-12-28(23)34)31(38)21-37(25-15-13-22(2)14-16-25)43(40,41)26-17-18-30(42-3)27(33)19-26/h5,8-9,12-19,24,29H,4,6-7,10-11,20-21H2,1-3H3,(H,35,39)/t29-/m1/s1. The van der Waals surface area contributed by atoms with Crippen molar-refractivity contribution < 1.29 is 22.7 Å². The molecule has 0 aromatic heterocycles. The Morgan fingerprint density at radius 1 is 1.07 bits per heavy atom. The Bertz CT molecular complexity index is 1540. The minimum absolute atomic E-state index is 0.0165. The highest BCUT2D eigenvalue weighted by molar-refractivity contribution is 9.10. The van der Waals surface area contributed by atoms with Crippen LogP contribution in [-0.2, 0) is 26.2 Å². The van der Waals surface area contributed by atoms with E-state index >= 15 is 0 Å². The highest BCUT2D eigenvalue weighted by Crippen LogP contribution is 2.31. The third-order valence-electron chi connectivity index (χ3n) is 7.70. The Morgan fingerprint density at radius 3 is 2.35 bits per heavy atom. The van der Waals surface area contributed by atoms with Gasteiger partial charge in [0.15, 0.2) is 0 Å². The van der Waals surface area contributed by atoms with Crippen molar-refractivity contribution in [3.63, 3.8) is 0 Å². The van der Waals surface area contributed by atoms with Gasteiger partial charge in [-0.2, -0.15) is 0 Å². The summed E-state index contributed by atoms with van der Waals surface area (Å²) in [5, 5.41) is 3.57. The van der Waals surface area contributed by atoms with Gasteiger partial charge in [0.1, 0.15) is 18.3 Å². The van der Waals surface area contributed by atoms with Crippen LogP contribution in [0.2, 0.25) is 5.02 Å².